The zero-order chi connectivity index (χ0) is 26.3. The molecule has 0 spiro atoms. The molecule has 192 valence electrons. The Morgan fingerprint density at radius 1 is 0.973 bits per heavy atom. The van der Waals surface area contributed by atoms with Crippen molar-refractivity contribution in [1.29, 1.82) is 0 Å². The highest BCUT2D eigenvalue weighted by Gasteiger charge is 2.30. The molecule has 11 heteroatoms. The van der Waals surface area contributed by atoms with E-state index < -0.39 is 11.7 Å². The van der Waals surface area contributed by atoms with Crippen LogP contribution in [0.15, 0.2) is 84.0 Å². The van der Waals surface area contributed by atoms with Crippen molar-refractivity contribution < 1.29 is 22.7 Å². The van der Waals surface area contributed by atoms with Gasteiger partial charge in [0.05, 0.1) is 24.5 Å². The summed E-state index contributed by atoms with van der Waals surface area (Å²) >= 11 is 1.20. The van der Waals surface area contributed by atoms with E-state index in [4.69, 9.17) is 4.74 Å². The lowest BCUT2D eigenvalue weighted by atomic mass is 10.2. The van der Waals surface area contributed by atoms with Crippen molar-refractivity contribution in [2.24, 2.45) is 0 Å². The number of nitrogens with one attached hydrogen (secondary N) is 2. The first-order valence-corrected chi connectivity index (χ1v) is 12.4. The number of alkyl halides is 3. The number of amides is 1. The van der Waals surface area contributed by atoms with E-state index in [1.807, 2.05) is 37.3 Å². The minimum Gasteiger partial charge on any atom is -0.494 e. The highest BCUT2D eigenvalue weighted by atomic mass is 32.2. The molecule has 0 saturated heterocycles. The van der Waals surface area contributed by atoms with Crippen LogP contribution >= 0.6 is 11.8 Å². The second kappa shape index (κ2) is 11.8. The van der Waals surface area contributed by atoms with E-state index >= 15 is 0 Å². The Kier molecular flexibility index (Phi) is 8.34. The highest BCUT2D eigenvalue weighted by molar-refractivity contribution is 7.99. The van der Waals surface area contributed by atoms with Crippen LogP contribution in [0.3, 0.4) is 0 Å². The number of ether oxygens (including phenoxy) is 1. The van der Waals surface area contributed by atoms with Gasteiger partial charge in [0, 0.05) is 17.1 Å². The normalized spacial score (nSPS) is 11.2. The third-order valence-electron chi connectivity index (χ3n) is 5.14. The van der Waals surface area contributed by atoms with Crippen LogP contribution < -0.4 is 15.4 Å². The predicted molar refractivity (Wildman–Crippen MR) is 137 cm³/mol. The van der Waals surface area contributed by atoms with Crippen LogP contribution in [0, 0.1) is 0 Å². The van der Waals surface area contributed by atoms with Crippen LogP contribution in [0.2, 0.25) is 0 Å². The molecule has 3 aromatic carbocycles. The molecule has 1 heterocycles. The lowest BCUT2D eigenvalue weighted by molar-refractivity contribution is -0.137. The number of hydrogen-bond donors (Lipinski definition) is 2. The predicted octanol–water partition coefficient (Wildman–Crippen LogP) is 6.03. The first-order chi connectivity index (χ1) is 17.8. The monoisotopic (exact) mass is 527 g/mol. The lowest BCUT2D eigenvalue weighted by Crippen LogP contribution is -2.15. The van der Waals surface area contributed by atoms with Gasteiger partial charge in [-0.05, 0) is 61.5 Å². The molecule has 0 fully saturated rings. The van der Waals surface area contributed by atoms with Gasteiger partial charge in [0.1, 0.15) is 5.75 Å². The zero-order valence-electron chi connectivity index (χ0n) is 19.8. The number of thioether (sulfide) groups is 1. The van der Waals surface area contributed by atoms with Gasteiger partial charge < -0.3 is 15.4 Å². The summed E-state index contributed by atoms with van der Waals surface area (Å²) in [6, 6.07) is 21.3. The number of carbonyl (C=O) groups excluding carboxylic acids is 1. The minimum atomic E-state index is -4.43. The lowest BCUT2D eigenvalue weighted by Gasteiger charge is -2.13. The van der Waals surface area contributed by atoms with Gasteiger partial charge in [0.15, 0.2) is 11.0 Å². The molecule has 0 unspecified atom stereocenters. The second-order valence-electron chi connectivity index (χ2n) is 7.80. The number of para-hydroxylation sites is 1. The Morgan fingerprint density at radius 2 is 1.73 bits per heavy atom. The minimum absolute atomic E-state index is 0.0826. The molecule has 0 bridgehead atoms. The Bertz CT molecular complexity index is 1330. The molecule has 7 nitrogen and oxygen atoms in total. The van der Waals surface area contributed by atoms with Gasteiger partial charge in [-0.25, -0.2) is 0 Å². The Morgan fingerprint density at radius 3 is 2.43 bits per heavy atom. The van der Waals surface area contributed by atoms with Crippen molar-refractivity contribution in [2.45, 2.75) is 24.8 Å². The van der Waals surface area contributed by atoms with Gasteiger partial charge in [-0.2, -0.15) is 13.2 Å². The third-order valence-corrected chi connectivity index (χ3v) is 6.07. The molecular formula is C26H24F3N5O2S. The fourth-order valence-electron chi connectivity index (χ4n) is 3.46. The van der Waals surface area contributed by atoms with E-state index in [0.29, 0.717) is 29.0 Å². The van der Waals surface area contributed by atoms with Crippen LogP contribution in [0.5, 0.6) is 5.75 Å². The maximum atomic E-state index is 13.1. The van der Waals surface area contributed by atoms with Crippen molar-refractivity contribution in [1.82, 2.24) is 14.8 Å². The molecule has 0 aliphatic rings. The van der Waals surface area contributed by atoms with Crippen LogP contribution in [0.4, 0.5) is 24.5 Å². The van der Waals surface area contributed by atoms with Crippen molar-refractivity contribution >= 4 is 29.0 Å². The molecule has 0 aliphatic heterocycles. The van der Waals surface area contributed by atoms with Gasteiger partial charge in [-0.15, -0.1) is 10.2 Å². The molecule has 4 aromatic rings. The van der Waals surface area contributed by atoms with Crippen molar-refractivity contribution in [3.63, 3.8) is 0 Å². The molecule has 0 radical (unpaired) electrons. The SMILES string of the molecule is CCOc1ccc(NC(=O)CSc2nnc(CNc3cccc(C(F)(F)F)c3)n2-c2ccccc2)cc1. The van der Waals surface area contributed by atoms with Crippen molar-refractivity contribution in [3.05, 3.63) is 90.3 Å². The first-order valence-electron chi connectivity index (χ1n) is 11.4. The van der Waals surface area contributed by atoms with Crippen LogP contribution in [0.25, 0.3) is 5.69 Å². The summed E-state index contributed by atoms with van der Waals surface area (Å²) < 4.78 is 46.4. The summed E-state index contributed by atoms with van der Waals surface area (Å²) in [7, 11) is 0. The van der Waals surface area contributed by atoms with E-state index in [1.165, 1.54) is 17.8 Å². The quantitative estimate of drug-likeness (QED) is 0.245. The fraction of sp³-hybridized carbons (Fsp3) is 0.192. The summed E-state index contributed by atoms with van der Waals surface area (Å²) in [6.45, 7) is 2.58. The van der Waals surface area contributed by atoms with Gasteiger partial charge in [0.2, 0.25) is 5.91 Å². The van der Waals surface area contributed by atoms with E-state index in [1.54, 1.807) is 34.9 Å². The molecule has 4 rings (SSSR count). The maximum absolute atomic E-state index is 13.1. The Hall–Kier alpha value is -3.99. The summed E-state index contributed by atoms with van der Waals surface area (Å²) in [4.78, 5) is 12.5. The van der Waals surface area contributed by atoms with Crippen molar-refractivity contribution in [3.8, 4) is 11.4 Å². The summed E-state index contributed by atoms with van der Waals surface area (Å²) in [5, 5.41) is 14.8. The number of halogens is 3. The molecular weight excluding hydrogens is 503 g/mol. The zero-order valence-corrected chi connectivity index (χ0v) is 20.6. The first kappa shape index (κ1) is 26.1. The Labute approximate surface area is 216 Å². The average Bonchev–Trinajstić information content (AvgIpc) is 3.30. The van der Waals surface area contributed by atoms with Gasteiger partial charge >= 0.3 is 6.18 Å². The number of hydrogen-bond acceptors (Lipinski definition) is 6. The summed E-state index contributed by atoms with van der Waals surface area (Å²) in [5.74, 6) is 1.06. The summed E-state index contributed by atoms with van der Waals surface area (Å²) in [6.07, 6.45) is -4.43. The molecule has 0 aliphatic carbocycles. The topological polar surface area (TPSA) is 81.1 Å². The number of aromatic nitrogens is 3. The highest BCUT2D eigenvalue weighted by Crippen LogP contribution is 2.31. The molecule has 0 atom stereocenters. The van der Waals surface area contributed by atoms with E-state index in [0.717, 1.165) is 23.6 Å². The van der Waals surface area contributed by atoms with Crippen LogP contribution in [-0.2, 0) is 17.5 Å². The van der Waals surface area contributed by atoms with Gasteiger partial charge in [0.25, 0.3) is 0 Å². The maximum Gasteiger partial charge on any atom is 0.416 e. The largest absolute Gasteiger partial charge is 0.494 e. The molecule has 1 aromatic heterocycles. The number of carbonyl (C=O) groups is 1. The number of nitrogens with zero attached hydrogens (tertiary/aromatic N) is 3. The fourth-order valence-corrected chi connectivity index (χ4v) is 4.23. The number of anilines is 2. The van der Waals surface area contributed by atoms with Crippen LogP contribution in [-0.4, -0.2) is 33.0 Å². The Balaban J connectivity index is 1.46. The van der Waals surface area contributed by atoms with Crippen LogP contribution in [0.1, 0.15) is 18.3 Å². The second-order valence-corrected chi connectivity index (χ2v) is 8.74. The van der Waals surface area contributed by atoms with Crippen molar-refractivity contribution in [2.75, 3.05) is 23.0 Å². The number of benzene rings is 3. The molecule has 0 saturated carbocycles. The van der Waals surface area contributed by atoms with Gasteiger partial charge in [-0.1, -0.05) is 36.0 Å². The standard InChI is InChI=1S/C26H24F3N5O2S/c1-2-36-22-13-11-19(12-14-22)31-24(35)17-37-25-33-32-23(34(25)21-9-4-3-5-10-21)16-30-20-8-6-7-18(15-20)26(27,28)29/h3-15,30H,2,16-17H2,1H3,(H,31,35). The third kappa shape index (κ3) is 7.04. The van der Waals surface area contributed by atoms with E-state index in [9.17, 15) is 18.0 Å². The smallest absolute Gasteiger partial charge is 0.416 e. The van der Waals surface area contributed by atoms with Gasteiger partial charge in [-0.3, -0.25) is 9.36 Å². The number of rotatable bonds is 10. The van der Waals surface area contributed by atoms with E-state index in [-0.39, 0.29) is 18.2 Å². The summed E-state index contributed by atoms with van der Waals surface area (Å²) in [5.41, 5.74) is 0.977. The van der Waals surface area contributed by atoms with E-state index in [2.05, 4.69) is 20.8 Å². The average molecular weight is 528 g/mol. The molecule has 37 heavy (non-hydrogen) atoms. The molecule has 2 N–H and O–H groups in total. The molecule has 1 amide bonds.